The van der Waals surface area contributed by atoms with E-state index in [2.05, 4.69) is 19.3 Å². The number of carbonyl (C=O) groups is 1. The van der Waals surface area contributed by atoms with Gasteiger partial charge >= 0.3 is 19.2 Å². The number of benzene rings is 2. The molecule has 11 heteroatoms. The van der Waals surface area contributed by atoms with Gasteiger partial charge in [0, 0.05) is 11.1 Å². The summed E-state index contributed by atoms with van der Waals surface area (Å²) in [5, 5.41) is 4.59. The van der Waals surface area contributed by atoms with Crippen LogP contribution in [0, 0.1) is 0 Å². The van der Waals surface area contributed by atoms with E-state index in [0.29, 0.717) is 28.3 Å². The molecule has 0 fully saturated rings. The topological polar surface area (TPSA) is 75.7 Å². The normalized spacial score (nSPS) is 11.2. The molecular weight excluding hydrogens is 472 g/mol. The minimum absolute atomic E-state index is 0.00147. The second-order valence-electron chi connectivity index (χ2n) is 7.14. The predicted molar refractivity (Wildman–Crippen MR) is 116 cm³/mol. The van der Waals surface area contributed by atoms with E-state index in [-0.39, 0.29) is 23.8 Å². The Bertz CT molecular complexity index is 1280. The van der Waals surface area contributed by atoms with Gasteiger partial charge in [0.05, 0.1) is 25.0 Å². The number of halogens is 4. The third-order valence-electron chi connectivity index (χ3n) is 4.88. The van der Waals surface area contributed by atoms with E-state index in [4.69, 9.17) is 4.42 Å². The molecule has 182 valence electrons. The number of esters is 1. The van der Waals surface area contributed by atoms with Crippen molar-refractivity contribution in [1.82, 2.24) is 9.78 Å². The van der Waals surface area contributed by atoms with Crippen molar-refractivity contribution in [3.63, 3.8) is 0 Å². The molecule has 7 nitrogen and oxygen atoms in total. The first-order valence-electron chi connectivity index (χ1n) is 10.2. The van der Waals surface area contributed by atoms with Crippen LogP contribution in [0.4, 0.5) is 17.6 Å². The van der Waals surface area contributed by atoms with Gasteiger partial charge in [-0.1, -0.05) is 0 Å². The maximum atomic E-state index is 12.5. The lowest BCUT2D eigenvalue weighted by molar-refractivity contribution is -0.0505. The molecule has 35 heavy (non-hydrogen) atoms. The summed E-state index contributed by atoms with van der Waals surface area (Å²) in [5.74, 6) is -0.181. The Balaban J connectivity index is 1.68. The van der Waals surface area contributed by atoms with Gasteiger partial charge in [-0.3, -0.25) is 4.68 Å². The number of carbonyl (C=O) groups excluding carboxylic acids is 1. The van der Waals surface area contributed by atoms with Gasteiger partial charge in [-0.15, -0.1) is 0 Å². The van der Waals surface area contributed by atoms with Gasteiger partial charge in [0.15, 0.2) is 0 Å². The zero-order chi connectivity index (χ0) is 24.9. The van der Waals surface area contributed by atoms with E-state index >= 15 is 0 Å². The Labute approximate surface area is 196 Å². The summed E-state index contributed by atoms with van der Waals surface area (Å²) in [5.41, 5.74) is 2.38. The second-order valence-corrected chi connectivity index (χ2v) is 7.14. The van der Waals surface area contributed by atoms with Gasteiger partial charge in [0.1, 0.15) is 17.3 Å². The molecule has 2 aromatic heterocycles. The highest BCUT2D eigenvalue weighted by Gasteiger charge is 2.17. The monoisotopic (exact) mass is 490 g/mol. The van der Waals surface area contributed by atoms with Crippen molar-refractivity contribution in [1.29, 1.82) is 0 Å². The number of nitrogens with zero attached hydrogens (tertiary/aromatic N) is 2. The molecule has 0 unspecified atom stereocenters. The van der Waals surface area contributed by atoms with Crippen molar-refractivity contribution < 1.29 is 41.0 Å². The van der Waals surface area contributed by atoms with E-state index in [1.807, 2.05) is 0 Å². The fourth-order valence-electron chi connectivity index (χ4n) is 3.35. The zero-order valence-corrected chi connectivity index (χ0v) is 18.2. The van der Waals surface area contributed by atoms with Crippen LogP contribution in [0.25, 0.3) is 22.5 Å². The van der Waals surface area contributed by atoms with Crippen molar-refractivity contribution in [2.24, 2.45) is 0 Å². The number of aromatic nitrogens is 2. The van der Waals surface area contributed by atoms with Gasteiger partial charge in [-0.25, -0.2) is 4.79 Å². The molecule has 2 heterocycles. The van der Waals surface area contributed by atoms with E-state index in [1.165, 1.54) is 37.4 Å². The molecular formula is C24H18F4N2O5. The minimum Gasteiger partial charge on any atom is -0.463 e. The summed E-state index contributed by atoms with van der Waals surface area (Å²) in [6.45, 7) is -5.75. The maximum Gasteiger partial charge on any atom is 0.387 e. The van der Waals surface area contributed by atoms with Crippen molar-refractivity contribution >= 4 is 5.97 Å². The lowest BCUT2D eigenvalue weighted by Gasteiger charge is -2.08. The van der Waals surface area contributed by atoms with Crippen molar-refractivity contribution in [2.75, 3.05) is 7.11 Å². The van der Waals surface area contributed by atoms with Crippen molar-refractivity contribution in [3.8, 4) is 34.0 Å². The molecule has 0 aliphatic heterocycles. The van der Waals surface area contributed by atoms with E-state index in [0.717, 1.165) is 0 Å². The molecule has 0 aliphatic carbocycles. The molecule has 0 saturated heterocycles. The molecule has 0 atom stereocenters. The minimum atomic E-state index is -2.95. The first kappa shape index (κ1) is 23.9. The molecule has 4 aromatic rings. The standard InChI is InChI=1S/C24H18F4N2O5/c1-32-22(31)21-11-10-18(33-21)13-30-20(15-4-8-17(9-5-15)35-24(27)28)12-19(29-30)14-2-6-16(7-3-14)34-23(25)26/h2-12,23-24H,13H2,1H3. The molecule has 0 radical (unpaired) electrons. The Kier molecular flexibility index (Phi) is 7.04. The van der Waals surface area contributed by atoms with Crippen LogP contribution >= 0.6 is 0 Å². The Morgan fingerprint density at radius 3 is 2.00 bits per heavy atom. The van der Waals surface area contributed by atoms with E-state index in [1.54, 1.807) is 41.1 Å². The zero-order valence-electron chi connectivity index (χ0n) is 18.2. The van der Waals surface area contributed by atoms with Crippen LogP contribution in [0.1, 0.15) is 16.3 Å². The highest BCUT2D eigenvalue weighted by molar-refractivity contribution is 5.86. The maximum absolute atomic E-state index is 12.5. The van der Waals surface area contributed by atoms with Crippen LogP contribution in [0.2, 0.25) is 0 Å². The smallest absolute Gasteiger partial charge is 0.387 e. The summed E-state index contributed by atoms with van der Waals surface area (Å²) >= 11 is 0. The van der Waals surface area contributed by atoms with Crippen LogP contribution in [0.3, 0.4) is 0 Å². The molecule has 0 N–H and O–H groups in total. The number of methoxy groups -OCH3 is 1. The average molecular weight is 490 g/mol. The van der Waals surface area contributed by atoms with E-state index < -0.39 is 19.2 Å². The average Bonchev–Trinajstić information content (AvgIpc) is 3.47. The lowest BCUT2D eigenvalue weighted by atomic mass is 10.1. The third-order valence-corrected chi connectivity index (χ3v) is 4.88. The van der Waals surface area contributed by atoms with E-state index in [9.17, 15) is 22.4 Å². The largest absolute Gasteiger partial charge is 0.463 e. The van der Waals surface area contributed by atoms with Gasteiger partial charge in [0.2, 0.25) is 5.76 Å². The molecule has 0 amide bonds. The quantitative estimate of drug-likeness (QED) is 0.217. The molecule has 2 aromatic carbocycles. The summed E-state index contributed by atoms with van der Waals surface area (Å²) in [6, 6.07) is 16.8. The molecule has 4 rings (SSSR count). The predicted octanol–water partition coefficient (Wildman–Crippen LogP) is 5.85. The van der Waals surface area contributed by atoms with Crippen LogP contribution < -0.4 is 9.47 Å². The van der Waals surface area contributed by atoms with Gasteiger partial charge < -0.3 is 18.6 Å². The number of alkyl halides is 4. The highest BCUT2D eigenvalue weighted by Crippen LogP contribution is 2.30. The number of hydrogen-bond acceptors (Lipinski definition) is 6. The first-order chi connectivity index (χ1) is 16.8. The lowest BCUT2D eigenvalue weighted by Crippen LogP contribution is -2.04. The summed E-state index contributed by atoms with van der Waals surface area (Å²) < 4.78 is 70.4. The van der Waals surface area contributed by atoms with Gasteiger partial charge in [0.25, 0.3) is 0 Å². The van der Waals surface area contributed by atoms with Crippen LogP contribution in [-0.2, 0) is 11.3 Å². The molecule has 0 bridgehead atoms. The van der Waals surface area contributed by atoms with Crippen LogP contribution in [-0.4, -0.2) is 36.1 Å². The Morgan fingerprint density at radius 1 is 0.886 bits per heavy atom. The first-order valence-corrected chi connectivity index (χ1v) is 10.2. The van der Waals surface area contributed by atoms with Gasteiger partial charge in [-0.2, -0.15) is 22.7 Å². The Hall–Kier alpha value is -4.28. The highest BCUT2D eigenvalue weighted by atomic mass is 19.3. The third kappa shape index (κ3) is 5.81. The number of furan rings is 1. The molecule has 0 saturated carbocycles. The van der Waals surface area contributed by atoms with Crippen LogP contribution in [0.15, 0.2) is 71.1 Å². The van der Waals surface area contributed by atoms with Crippen LogP contribution in [0.5, 0.6) is 11.5 Å². The Morgan fingerprint density at radius 2 is 1.46 bits per heavy atom. The number of rotatable bonds is 9. The number of ether oxygens (including phenoxy) is 3. The second kappa shape index (κ2) is 10.3. The summed E-state index contributed by atoms with van der Waals surface area (Å²) in [6.07, 6.45) is 0. The van der Waals surface area contributed by atoms with Crippen molar-refractivity contribution in [3.05, 3.63) is 78.3 Å². The van der Waals surface area contributed by atoms with Gasteiger partial charge in [-0.05, 0) is 66.7 Å². The fraction of sp³-hybridized carbons (Fsp3) is 0.167. The number of hydrogen-bond donors (Lipinski definition) is 0. The SMILES string of the molecule is COC(=O)c1ccc(Cn2nc(-c3ccc(OC(F)F)cc3)cc2-c2ccc(OC(F)F)cc2)o1. The fourth-order valence-corrected chi connectivity index (χ4v) is 3.35. The summed E-state index contributed by atoms with van der Waals surface area (Å²) in [7, 11) is 1.24. The summed E-state index contributed by atoms with van der Waals surface area (Å²) in [4.78, 5) is 11.7. The van der Waals surface area contributed by atoms with Crippen molar-refractivity contribution in [2.45, 2.75) is 19.8 Å². The molecule has 0 spiro atoms. The molecule has 0 aliphatic rings.